The van der Waals surface area contributed by atoms with E-state index in [0.717, 1.165) is 19.3 Å². The molecule has 0 bridgehead atoms. The monoisotopic (exact) mass is 323 g/mol. The summed E-state index contributed by atoms with van der Waals surface area (Å²) in [6, 6.07) is 3.53. The van der Waals surface area contributed by atoms with Gasteiger partial charge in [-0.05, 0) is 64.5 Å². The van der Waals surface area contributed by atoms with Crippen LogP contribution in [0.25, 0.3) is 0 Å². The molecule has 1 saturated carbocycles. The van der Waals surface area contributed by atoms with Crippen molar-refractivity contribution >= 4 is 6.09 Å². The Hall–Kier alpha value is -1.78. The first-order chi connectivity index (χ1) is 10.8. The molecule has 0 aliphatic heterocycles. The lowest BCUT2D eigenvalue weighted by atomic mass is 10.0. The predicted molar refractivity (Wildman–Crippen MR) is 87.3 cm³/mol. The fraction of sp³-hybridized carbons (Fsp3) is 0.611. The van der Waals surface area contributed by atoms with Gasteiger partial charge in [-0.2, -0.15) is 0 Å². The van der Waals surface area contributed by atoms with Crippen molar-refractivity contribution in [2.24, 2.45) is 5.92 Å². The zero-order valence-corrected chi connectivity index (χ0v) is 14.4. The molecular weight excluding hydrogens is 297 g/mol. The van der Waals surface area contributed by atoms with Crippen LogP contribution in [0.1, 0.15) is 44.7 Å². The Morgan fingerprint density at radius 3 is 2.65 bits per heavy atom. The normalized spacial score (nSPS) is 14.5. The van der Waals surface area contributed by atoms with Crippen LogP contribution in [-0.4, -0.2) is 24.8 Å². The first kappa shape index (κ1) is 17.6. The lowest BCUT2D eigenvalue weighted by Gasteiger charge is -2.20. The number of amides is 1. The van der Waals surface area contributed by atoms with Gasteiger partial charge in [0.1, 0.15) is 23.8 Å². The molecule has 2 rings (SSSR count). The first-order valence-corrected chi connectivity index (χ1v) is 8.14. The van der Waals surface area contributed by atoms with Gasteiger partial charge in [-0.25, -0.2) is 9.18 Å². The van der Waals surface area contributed by atoms with Crippen LogP contribution in [0.3, 0.4) is 0 Å². The maximum absolute atomic E-state index is 14.3. The van der Waals surface area contributed by atoms with E-state index < -0.39 is 11.7 Å². The highest BCUT2D eigenvalue weighted by Gasteiger charge is 2.25. The number of carbonyl (C=O) groups is 1. The second-order valence-corrected chi connectivity index (χ2v) is 7.10. The average Bonchev–Trinajstić information content (AvgIpc) is 3.24. The van der Waals surface area contributed by atoms with Crippen molar-refractivity contribution in [1.29, 1.82) is 0 Å². The Morgan fingerprint density at radius 1 is 1.35 bits per heavy atom. The number of benzene rings is 1. The van der Waals surface area contributed by atoms with E-state index in [1.807, 2.05) is 26.8 Å². The highest BCUT2D eigenvalue weighted by atomic mass is 19.1. The number of alkyl carbamates (subject to hydrolysis) is 1. The minimum absolute atomic E-state index is 0.172. The van der Waals surface area contributed by atoms with Crippen molar-refractivity contribution in [3.63, 3.8) is 0 Å². The molecule has 0 radical (unpaired) electrons. The van der Waals surface area contributed by atoms with Crippen molar-refractivity contribution in [2.75, 3.05) is 13.2 Å². The summed E-state index contributed by atoms with van der Waals surface area (Å²) in [5.74, 6) is 0.981. The van der Waals surface area contributed by atoms with Crippen LogP contribution in [-0.2, 0) is 11.2 Å². The second-order valence-electron chi connectivity index (χ2n) is 7.10. The van der Waals surface area contributed by atoms with Crippen LogP contribution >= 0.6 is 0 Å². The molecule has 5 heteroatoms. The molecule has 4 nitrogen and oxygen atoms in total. The number of nitrogens with one attached hydrogen (secondary N) is 1. The number of ether oxygens (including phenoxy) is 2. The Balaban J connectivity index is 1.85. The van der Waals surface area contributed by atoms with E-state index in [1.165, 1.54) is 0 Å². The summed E-state index contributed by atoms with van der Waals surface area (Å²) >= 11 is 0. The number of halogens is 1. The summed E-state index contributed by atoms with van der Waals surface area (Å²) in [6.07, 6.45) is 2.57. The highest BCUT2D eigenvalue weighted by Crippen LogP contribution is 2.36. The van der Waals surface area contributed by atoms with E-state index in [4.69, 9.17) is 9.47 Å². The number of hydrogen-bond donors (Lipinski definition) is 1. The molecular formula is C18H26FNO3. The zero-order chi connectivity index (χ0) is 17.0. The maximum Gasteiger partial charge on any atom is 0.407 e. The molecule has 1 N–H and O–H groups in total. The predicted octanol–water partition coefficient (Wildman–Crippen LogP) is 3.99. The Bertz CT molecular complexity index is 562. The summed E-state index contributed by atoms with van der Waals surface area (Å²) in [6.45, 7) is 7.78. The van der Waals surface area contributed by atoms with Crippen molar-refractivity contribution in [2.45, 2.75) is 52.6 Å². The molecule has 1 aliphatic rings. The van der Waals surface area contributed by atoms with Gasteiger partial charge < -0.3 is 14.8 Å². The molecule has 0 aromatic heterocycles. The van der Waals surface area contributed by atoms with Crippen molar-refractivity contribution in [1.82, 2.24) is 5.32 Å². The minimum atomic E-state index is -0.525. The number of hydrogen-bond acceptors (Lipinski definition) is 3. The summed E-state index contributed by atoms with van der Waals surface area (Å²) in [4.78, 5) is 11.5. The van der Waals surface area contributed by atoms with Gasteiger partial charge in [0.25, 0.3) is 0 Å². The highest BCUT2D eigenvalue weighted by molar-refractivity contribution is 5.67. The average molecular weight is 323 g/mol. The van der Waals surface area contributed by atoms with Gasteiger partial charge in [-0.15, -0.1) is 0 Å². The topological polar surface area (TPSA) is 47.6 Å². The smallest absolute Gasteiger partial charge is 0.407 e. The van der Waals surface area contributed by atoms with Gasteiger partial charge in [-0.1, -0.05) is 6.07 Å². The van der Waals surface area contributed by atoms with Crippen LogP contribution in [0, 0.1) is 18.7 Å². The molecule has 0 spiro atoms. The van der Waals surface area contributed by atoms with Gasteiger partial charge >= 0.3 is 6.09 Å². The third-order valence-electron chi connectivity index (χ3n) is 3.61. The zero-order valence-electron chi connectivity index (χ0n) is 14.4. The van der Waals surface area contributed by atoms with Crippen LogP contribution in [0.5, 0.6) is 5.75 Å². The molecule has 1 aromatic rings. The van der Waals surface area contributed by atoms with Crippen LogP contribution in [0.4, 0.5) is 9.18 Å². The largest absolute Gasteiger partial charge is 0.491 e. The maximum atomic E-state index is 14.3. The van der Waals surface area contributed by atoms with E-state index in [1.54, 1.807) is 13.0 Å². The Labute approximate surface area is 137 Å². The van der Waals surface area contributed by atoms with Crippen LogP contribution < -0.4 is 10.1 Å². The summed E-state index contributed by atoms with van der Waals surface area (Å²) in [5, 5.41) is 2.63. The van der Waals surface area contributed by atoms with Gasteiger partial charge in [0.05, 0.1) is 6.54 Å². The van der Waals surface area contributed by atoms with Gasteiger partial charge in [0.15, 0.2) is 0 Å². The van der Waals surface area contributed by atoms with Crippen LogP contribution in [0.15, 0.2) is 12.1 Å². The molecule has 1 aliphatic carbocycles. The lowest BCUT2D eigenvalue weighted by molar-refractivity contribution is 0.0520. The minimum Gasteiger partial charge on any atom is -0.491 e. The van der Waals surface area contributed by atoms with Crippen molar-refractivity contribution < 1.29 is 18.7 Å². The fourth-order valence-electron chi connectivity index (χ4n) is 2.28. The van der Waals surface area contributed by atoms with Gasteiger partial charge in [-0.3, -0.25) is 0 Å². The molecule has 128 valence electrons. The summed E-state index contributed by atoms with van der Waals surface area (Å²) in [7, 11) is 0. The van der Waals surface area contributed by atoms with E-state index in [9.17, 15) is 9.18 Å². The lowest BCUT2D eigenvalue weighted by Crippen LogP contribution is -2.34. The third kappa shape index (κ3) is 5.73. The quantitative estimate of drug-likeness (QED) is 0.805. The molecule has 0 saturated heterocycles. The van der Waals surface area contributed by atoms with E-state index in [2.05, 4.69) is 5.32 Å². The summed E-state index contributed by atoms with van der Waals surface area (Å²) < 4.78 is 25.1. The molecule has 0 atom stereocenters. The van der Waals surface area contributed by atoms with Crippen molar-refractivity contribution in [3.8, 4) is 5.75 Å². The van der Waals surface area contributed by atoms with Crippen molar-refractivity contribution in [3.05, 3.63) is 29.1 Å². The molecule has 23 heavy (non-hydrogen) atoms. The molecule has 1 aromatic carbocycles. The molecule has 1 fully saturated rings. The van der Waals surface area contributed by atoms with E-state index in [-0.39, 0.29) is 12.4 Å². The molecule has 0 heterocycles. The van der Waals surface area contributed by atoms with Crippen LogP contribution in [0.2, 0.25) is 0 Å². The Morgan fingerprint density at radius 2 is 2.04 bits per heavy atom. The van der Waals surface area contributed by atoms with Gasteiger partial charge in [0, 0.05) is 5.56 Å². The molecule has 1 amide bonds. The van der Waals surface area contributed by atoms with Gasteiger partial charge in [0.2, 0.25) is 0 Å². The SMILES string of the molecule is Cc1ccc(OCCNC(=O)OC(C)(C)C)c(CC2CC2)c1F. The fourth-order valence-corrected chi connectivity index (χ4v) is 2.28. The third-order valence-corrected chi connectivity index (χ3v) is 3.61. The molecule has 0 unspecified atom stereocenters. The van der Waals surface area contributed by atoms with E-state index >= 15 is 0 Å². The first-order valence-electron chi connectivity index (χ1n) is 8.14. The number of rotatable bonds is 6. The number of aryl methyl sites for hydroxylation is 1. The standard InChI is InChI=1S/C18H26FNO3/c1-12-5-8-15(14(16(12)19)11-13-6-7-13)22-10-9-20-17(21)23-18(2,3)4/h5,8,13H,6-7,9-11H2,1-4H3,(H,20,21). The van der Waals surface area contributed by atoms with E-state index in [0.29, 0.717) is 29.3 Å². The second kappa shape index (κ2) is 7.20. The Kier molecular flexibility index (Phi) is 5.50. The number of carbonyl (C=O) groups excluding carboxylic acids is 1. The summed E-state index contributed by atoms with van der Waals surface area (Å²) in [5.41, 5.74) is 0.771.